The zero-order chi connectivity index (χ0) is 12.6. The van der Waals surface area contributed by atoms with E-state index in [4.69, 9.17) is 4.74 Å². The van der Waals surface area contributed by atoms with Crippen LogP contribution < -0.4 is 0 Å². The second-order valence-corrected chi connectivity index (χ2v) is 5.04. The van der Waals surface area contributed by atoms with Crippen molar-refractivity contribution in [1.29, 1.82) is 0 Å². The van der Waals surface area contributed by atoms with Crippen LogP contribution in [0.25, 0.3) is 0 Å². The molecule has 0 spiro atoms. The maximum atomic E-state index is 11.5. The molecule has 0 saturated carbocycles. The van der Waals surface area contributed by atoms with Crippen LogP contribution >= 0.6 is 0 Å². The summed E-state index contributed by atoms with van der Waals surface area (Å²) in [5.41, 5.74) is 0.292. The molecule has 0 bridgehead atoms. The van der Waals surface area contributed by atoms with Crippen molar-refractivity contribution in [2.45, 2.75) is 46.5 Å². The van der Waals surface area contributed by atoms with E-state index in [0.29, 0.717) is 18.4 Å². The van der Waals surface area contributed by atoms with Crippen LogP contribution in [0.15, 0.2) is 0 Å². The van der Waals surface area contributed by atoms with E-state index in [0.717, 1.165) is 25.8 Å². The van der Waals surface area contributed by atoms with Crippen LogP contribution in [0.3, 0.4) is 0 Å². The first kappa shape index (κ1) is 15.4. The van der Waals surface area contributed by atoms with Gasteiger partial charge in [0.05, 0.1) is 0 Å². The minimum absolute atomic E-state index is 0.0602. The van der Waals surface area contributed by atoms with Gasteiger partial charge in [-0.2, -0.15) is 0 Å². The van der Waals surface area contributed by atoms with Gasteiger partial charge in [0, 0.05) is 13.0 Å². The highest BCUT2D eigenvalue weighted by molar-refractivity contribution is 5.69. The van der Waals surface area contributed by atoms with Crippen molar-refractivity contribution in [1.82, 2.24) is 4.90 Å². The highest BCUT2D eigenvalue weighted by Crippen LogP contribution is 2.30. The van der Waals surface area contributed by atoms with Gasteiger partial charge in [-0.15, -0.1) is 0 Å². The summed E-state index contributed by atoms with van der Waals surface area (Å²) in [5, 5.41) is 0. The van der Waals surface area contributed by atoms with E-state index >= 15 is 0 Å². The lowest BCUT2D eigenvalue weighted by atomic mass is 9.80. The van der Waals surface area contributed by atoms with Crippen molar-refractivity contribution in [3.8, 4) is 0 Å². The van der Waals surface area contributed by atoms with Crippen molar-refractivity contribution in [3.05, 3.63) is 0 Å². The van der Waals surface area contributed by atoms with Crippen molar-refractivity contribution < 1.29 is 9.53 Å². The van der Waals surface area contributed by atoms with E-state index in [1.165, 1.54) is 0 Å². The Hall–Kier alpha value is -0.570. The molecule has 0 aromatic heterocycles. The number of ether oxygens (including phenoxy) is 1. The van der Waals surface area contributed by atoms with Crippen molar-refractivity contribution >= 4 is 5.97 Å². The second-order valence-electron chi connectivity index (χ2n) is 5.04. The number of esters is 1. The Labute approximate surface area is 100 Å². The molecule has 3 heteroatoms. The van der Waals surface area contributed by atoms with Crippen LogP contribution in [0.5, 0.6) is 0 Å². The predicted molar refractivity (Wildman–Crippen MR) is 67.4 cm³/mol. The third-order valence-electron chi connectivity index (χ3n) is 3.44. The Morgan fingerprint density at radius 2 is 1.81 bits per heavy atom. The molecule has 0 amide bonds. The smallest absolute Gasteiger partial charge is 0.305 e. The minimum Gasteiger partial charge on any atom is -0.464 e. The van der Waals surface area contributed by atoms with Gasteiger partial charge in [-0.3, -0.25) is 4.79 Å². The molecule has 0 heterocycles. The van der Waals surface area contributed by atoms with Crippen LogP contribution in [-0.4, -0.2) is 38.1 Å². The molecule has 96 valence electrons. The van der Waals surface area contributed by atoms with Gasteiger partial charge >= 0.3 is 5.97 Å². The first-order valence-corrected chi connectivity index (χ1v) is 6.24. The molecule has 0 saturated heterocycles. The maximum absolute atomic E-state index is 11.5. The standard InChI is InChI=1S/C13H27NO2/c1-6-13(3,7-2)9-8-12(15)16-11-10-14(4)5/h6-11H2,1-5H3. The second kappa shape index (κ2) is 7.66. The first-order valence-electron chi connectivity index (χ1n) is 6.24. The van der Waals surface area contributed by atoms with E-state index < -0.39 is 0 Å². The third kappa shape index (κ3) is 6.83. The van der Waals surface area contributed by atoms with E-state index in [1.54, 1.807) is 0 Å². The average molecular weight is 229 g/mol. The molecule has 3 nitrogen and oxygen atoms in total. The van der Waals surface area contributed by atoms with E-state index in [2.05, 4.69) is 20.8 Å². The number of rotatable bonds is 8. The lowest BCUT2D eigenvalue weighted by Gasteiger charge is -2.25. The number of hydrogen-bond acceptors (Lipinski definition) is 3. The molecule has 0 rings (SSSR count). The Morgan fingerprint density at radius 1 is 1.25 bits per heavy atom. The van der Waals surface area contributed by atoms with Crippen molar-refractivity contribution in [2.24, 2.45) is 5.41 Å². The summed E-state index contributed by atoms with van der Waals surface area (Å²) < 4.78 is 5.16. The molecule has 16 heavy (non-hydrogen) atoms. The summed E-state index contributed by atoms with van der Waals surface area (Å²) >= 11 is 0. The zero-order valence-electron chi connectivity index (χ0n) is 11.5. The Balaban J connectivity index is 3.72. The number of nitrogens with zero attached hydrogens (tertiary/aromatic N) is 1. The van der Waals surface area contributed by atoms with Gasteiger partial charge in [0.15, 0.2) is 0 Å². The number of carbonyl (C=O) groups is 1. The van der Waals surface area contributed by atoms with E-state index in [-0.39, 0.29) is 5.97 Å². The number of hydrogen-bond donors (Lipinski definition) is 0. The van der Waals surface area contributed by atoms with Crippen LogP contribution in [0.2, 0.25) is 0 Å². The van der Waals surface area contributed by atoms with Crippen LogP contribution in [0.1, 0.15) is 46.5 Å². The summed E-state index contributed by atoms with van der Waals surface area (Å²) in [6.45, 7) is 7.90. The third-order valence-corrected chi connectivity index (χ3v) is 3.44. The molecular formula is C13H27NO2. The van der Waals surface area contributed by atoms with Crippen molar-refractivity contribution in [3.63, 3.8) is 0 Å². The number of likely N-dealkylation sites (N-methyl/N-ethyl adjacent to an activating group) is 1. The van der Waals surface area contributed by atoms with Crippen LogP contribution in [0.4, 0.5) is 0 Å². The Morgan fingerprint density at radius 3 is 2.25 bits per heavy atom. The average Bonchev–Trinajstić information content (AvgIpc) is 2.25. The first-order chi connectivity index (χ1) is 7.43. The van der Waals surface area contributed by atoms with Crippen LogP contribution in [0, 0.1) is 5.41 Å². The topological polar surface area (TPSA) is 29.5 Å². The lowest BCUT2D eigenvalue weighted by molar-refractivity contribution is -0.144. The van der Waals surface area contributed by atoms with Gasteiger partial charge in [-0.25, -0.2) is 0 Å². The van der Waals surface area contributed by atoms with Gasteiger partial charge in [0.25, 0.3) is 0 Å². The molecule has 0 aromatic rings. The SMILES string of the molecule is CCC(C)(CC)CCC(=O)OCCN(C)C. The monoisotopic (exact) mass is 229 g/mol. The zero-order valence-corrected chi connectivity index (χ0v) is 11.5. The van der Waals surface area contributed by atoms with Gasteiger partial charge < -0.3 is 9.64 Å². The molecule has 0 aliphatic heterocycles. The predicted octanol–water partition coefficient (Wildman–Crippen LogP) is 2.70. The van der Waals surface area contributed by atoms with Gasteiger partial charge in [-0.1, -0.05) is 33.6 Å². The quantitative estimate of drug-likeness (QED) is 0.599. The number of carbonyl (C=O) groups excluding carboxylic acids is 1. The summed E-state index contributed by atoms with van der Waals surface area (Å²) in [5.74, 6) is -0.0602. The molecule has 0 aromatic carbocycles. The molecule has 0 radical (unpaired) electrons. The summed E-state index contributed by atoms with van der Waals surface area (Å²) in [4.78, 5) is 13.5. The Kier molecular flexibility index (Phi) is 7.39. The summed E-state index contributed by atoms with van der Waals surface area (Å²) in [6, 6.07) is 0. The normalized spacial score (nSPS) is 11.9. The Bertz CT molecular complexity index is 198. The maximum Gasteiger partial charge on any atom is 0.305 e. The summed E-state index contributed by atoms with van der Waals surface area (Å²) in [7, 11) is 3.94. The largest absolute Gasteiger partial charge is 0.464 e. The van der Waals surface area contributed by atoms with E-state index in [1.807, 2.05) is 19.0 Å². The fourth-order valence-electron chi connectivity index (χ4n) is 1.42. The highest BCUT2D eigenvalue weighted by Gasteiger charge is 2.20. The summed E-state index contributed by atoms with van der Waals surface area (Å²) in [6.07, 6.45) is 3.72. The van der Waals surface area contributed by atoms with Gasteiger partial charge in [0.1, 0.15) is 6.61 Å². The molecule has 0 N–H and O–H groups in total. The molecule has 0 fully saturated rings. The molecular weight excluding hydrogens is 202 g/mol. The molecule has 0 aliphatic rings. The van der Waals surface area contributed by atoms with Crippen molar-refractivity contribution in [2.75, 3.05) is 27.2 Å². The van der Waals surface area contributed by atoms with Crippen LogP contribution in [-0.2, 0) is 9.53 Å². The minimum atomic E-state index is -0.0602. The lowest BCUT2D eigenvalue weighted by Crippen LogP contribution is -2.21. The molecule has 0 atom stereocenters. The fraction of sp³-hybridized carbons (Fsp3) is 0.923. The fourth-order valence-corrected chi connectivity index (χ4v) is 1.42. The van der Waals surface area contributed by atoms with E-state index in [9.17, 15) is 4.79 Å². The van der Waals surface area contributed by atoms with Gasteiger partial charge in [0.2, 0.25) is 0 Å². The molecule has 0 aliphatic carbocycles. The highest BCUT2D eigenvalue weighted by atomic mass is 16.5. The molecule has 0 unspecified atom stereocenters. The van der Waals surface area contributed by atoms with Gasteiger partial charge in [-0.05, 0) is 25.9 Å².